The third kappa shape index (κ3) is 5.03. The first-order valence-corrected chi connectivity index (χ1v) is 8.90. The first-order chi connectivity index (χ1) is 12.4. The van der Waals surface area contributed by atoms with E-state index in [0.29, 0.717) is 18.4 Å². The van der Waals surface area contributed by atoms with Gasteiger partial charge < -0.3 is 35.4 Å². The molecule has 1 fully saturated rings. The zero-order valence-electron chi connectivity index (χ0n) is 14.6. The van der Waals surface area contributed by atoms with Crippen LogP contribution in [0.2, 0.25) is 0 Å². The third-order valence-corrected chi connectivity index (χ3v) is 4.67. The molecule has 4 atom stereocenters. The van der Waals surface area contributed by atoms with Gasteiger partial charge in [-0.1, -0.05) is 49.6 Å². The molecule has 6 N–H and O–H groups in total. The second-order valence-electron chi connectivity index (χ2n) is 6.70. The zero-order valence-corrected chi connectivity index (χ0v) is 14.6. The summed E-state index contributed by atoms with van der Waals surface area (Å²) in [6.07, 6.45) is -0.749. The molecule has 1 aliphatic carbocycles. The highest BCUT2D eigenvalue weighted by atomic mass is 16.7. The van der Waals surface area contributed by atoms with Crippen molar-refractivity contribution < 1.29 is 35.4 Å². The van der Waals surface area contributed by atoms with E-state index in [-0.39, 0.29) is 0 Å². The normalized spacial score (nSPS) is 22.4. The average Bonchev–Trinajstić information content (AvgIpc) is 2.67. The van der Waals surface area contributed by atoms with Gasteiger partial charge in [-0.2, -0.15) is 0 Å². The number of aliphatic hydroxyl groups excluding tert-OH is 5. The first kappa shape index (κ1) is 20.8. The van der Waals surface area contributed by atoms with E-state index in [1.54, 1.807) is 30.3 Å². The van der Waals surface area contributed by atoms with Crippen LogP contribution in [0, 0.1) is 0 Å². The molecular formula is C19H28O7. The highest BCUT2D eigenvalue weighted by Gasteiger charge is 2.48. The van der Waals surface area contributed by atoms with Crippen molar-refractivity contribution in [2.45, 2.75) is 62.3 Å². The maximum atomic E-state index is 10.9. The van der Waals surface area contributed by atoms with Gasteiger partial charge in [-0.15, -0.1) is 0 Å². The van der Waals surface area contributed by atoms with Crippen molar-refractivity contribution in [2.24, 2.45) is 0 Å². The molecule has 1 aromatic carbocycles. The van der Waals surface area contributed by atoms with E-state index in [4.69, 9.17) is 9.84 Å². The molecule has 7 nitrogen and oxygen atoms in total. The minimum Gasteiger partial charge on any atom is -0.507 e. The van der Waals surface area contributed by atoms with Gasteiger partial charge in [0.1, 0.15) is 18.3 Å². The molecule has 0 saturated heterocycles. The Hall–Kier alpha value is -1.48. The van der Waals surface area contributed by atoms with Crippen molar-refractivity contribution in [3.8, 4) is 0 Å². The number of aliphatic hydroxyl groups is 6. The quantitative estimate of drug-likeness (QED) is 0.294. The van der Waals surface area contributed by atoms with Crippen LogP contribution in [0.4, 0.5) is 0 Å². The van der Waals surface area contributed by atoms with Gasteiger partial charge in [0.2, 0.25) is 0 Å². The van der Waals surface area contributed by atoms with Gasteiger partial charge in [0.15, 0.2) is 5.76 Å². The van der Waals surface area contributed by atoms with Gasteiger partial charge in [0.25, 0.3) is 5.79 Å². The highest BCUT2D eigenvalue weighted by molar-refractivity contribution is 5.52. The maximum Gasteiger partial charge on any atom is 0.254 e. The van der Waals surface area contributed by atoms with Crippen molar-refractivity contribution in [1.29, 1.82) is 0 Å². The van der Waals surface area contributed by atoms with Crippen LogP contribution >= 0.6 is 0 Å². The standard InChI is InChI=1S/C19H28O7/c20-12-15(21)17(23)18(24)19(25,26-14-9-5-2-6-10-14)16(22)11-13-7-3-1-4-8-13/h1,3-4,7-8,11,14-15,17-18,20-25H,2,5-6,9-10,12H2/t15-,17-,18+,19-/m1/s1. The zero-order chi connectivity index (χ0) is 19.2. The molecule has 1 aliphatic rings. The molecule has 146 valence electrons. The Labute approximate surface area is 152 Å². The lowest BCUT2D eigenvalue weighted by Gasteiger charge is -2.39. The molecule has 0 unspecified atom stereocenters. The Morgan fingerprint density at radius 2 is 1.73 bits per heavy atom. The summed E-state index contributed by atoms with van der Waals surface area (Å²) in [6.45, 7) is -0.819. The smallest absolute Gasteiger partial charge is 0.254 e. The molecule has 1 aromatic rings. The largest absolute Gasteiger partial charge is 0.507 e. The monoisotopic (exact) mass is 368 g/mol. The number of ether oxygens (including phenoxy) is 1. The van der Waals surface area contributed by atoms with E-state index in [9.17, 15) is 25.5 Å². The minimum absolute atomic E-state index is 0.409. The SMILES string of the molecule is OC[C@@H](O)[C@@H](O)[C@H](O)[C@](O)(OC1CCCCC1)C(O)=Cc1ccccc1. The lowest BCUT2D eigenvalue weighted by atomic mass is 9.94. The summed E-state index contributed by atoms with van der Waals surface area (Å²) in [5, 5.41) is 60.5. The predicted molar refractivity (Wildman–Crippen MR) is 95.1 cm³/mol. The number of hydrogen-bond acceptors (Lipinski definition) is 7. The molecule has 26 heavy (non-hydrogen) atoms. The number of rotatable bonds is 8. The van der Waals surface area contributed by atoms with Crippen LogP contribution in [0.15, 0.2) is 36.1 Å². The van der Waals surface area contributed by atoms with Crippen LogP contribution in [-0.2, 0) is 4.74 Å². The Kier molecular flexibility index (Phi) is 7.57. The molecule has 2 rings (SSSR count). The third-order valence-electron chi connectivity index (χ3n) is 4.67. The molecule has 0 radical (unpaired) electrons. The van der Waals surface area contributed by atoms with Gasteiger partial charge in [0, 0.05) is 0 Å². The summed E-state index contributed by atoms with van der Waals surface area (Å²) in [5.74, 6) is -3.31. The second-order valence-corrected chi connectivity index (χ2v) is 6.70. The van der Waals surface area contributed by atoms with E-state index in [2.05, 4.69) is 0 Å². The molecule has 1 saturated carbocycles. The van der Waals surface area contributed by atoms with Crippen molar-refractivity contribution in [3.63, 3.8) is 0 Å². The summed E-state index contributed by atoms with van der Waals surface area (Å²) in [4.78, 5) is 0. The predicted octanol–water partition coefficient (Wildman–Crippen LogP) is 0.698. The van der Waals surface area contributed by atoms with Crippen LogP contribution in [0.3, 0.4) is 0 Å². The number of hydrogen-bond donors (Lipinski definition) is 6. The van der Waals surface area contributed by atoms with Gasteiger partial charge in [-0.05, 0) is 24.5 Å². The Morgan fingerprint density at radius 1 is 1.12 bits per heavy atom. The van der Waals surface area contributed by atoms with E-state index >= 15 is 0 Å². The molecule has 0 amide bonds. The van der Waals surface area contributed by atoms with Crippen molar-refractivity contribution >= 4 is 6.08 Å². The lowest BCUT2D eigenvalue weighted by molar-refractivity contribution is -0.292. The van der Waals surface area contributed by atoms with E-state index in [1.807, 2.05) is 0 Å². The summed E-state index contributed by atoms with van der Waals surface area (Å²) in [6, 6.07) is 8.63. The van der Waals surface area contributed by atoms with E-state index < -0.39 is 42.6 Å². The molecule has 0 heterocycles. The van der Waals surface area contributed by atoms with Gasteiger partial charge in [0.05, 0.1) is 12.7 Å². The van der Waals surface area contributed by atoms with Gasteiger partial charge in [-0.3, -0.25) is 0 Å². The highest BCUT2D eigenvalue weighted by Crippen LogP contribution is 2.32. The van der Waals surface area contributed by atoms with Gasteiger partial charge >= 0.3 is 0 Å². The molecule has 0 aromatic heterocycles. The Balaban J connectivity index is 2.31. The van der Waals surface area contributed by atoms with Crippen LogP contribution in [0.1, 0.15) is 37.7 Å². The summed E-state index contributed by atoms with van der Waals surface area (Å²) < 4.78 is 5.63. The Bertz CT molecular complexity index is 571. The van der Waals surface area contributed by atoms with E-state index in [1.165, 1.54) is 6.08 Å². The van der Waals surface area contributed by atoms with Crippen molar-refractivity contribution in [2.75, 3.05) is 6.61 Å². The van der Waals surface area contributed by atoms with Crippen LogP contribution in [0.25, 0.3) is 6.08 Å². The summed E-state index contributed by atoms with van der Waals surface area (Å²) >= 11 is 0. The summed E-state index contributed by atoms with van der Waals surface area (Å²) in [5.41, 5.74) is 0.556. The molecule has 0 spiro atoms. The topological polar surface area (TPSA) is 131 Å². The lowest BCUT2D eigenvalue weighted by Crippen LogP contribution is -2.57. The molecular weight excluding hydrogens is 340 g/mol. The second kappa shape index (κ2) is 9.45. The maximum absolute atomic E-state index is 10.9. The average molecular weight is 368 g/mol. The fraction of sp³-hybridized carbons (Fsp3) is 0.579. The summed E-state index contributed by atoms with van der Waals surface area (Å²) in [7, 11) is 0. The van der Waals surface area contributed by atoms with Gasteiger partial charge in [-0.25, -0.2) is 0 Å². The van der Waals surface area contributed by atoms with Crippen LogP contribution in [0.5, 0.6) is 0 Å². The van der Waals surface area contributed by atoms with Crippen molar-refractivity contribution in [3.05, 3.63) is 41.7 Å². The van der Waals surface area contributed by atoms with Crippen molar-refractivity contribution in [1.82, 2.24) is 0 Å². The van der Waals surface area contributed by atoms with Crippen LogP contribution < -0.4 is 0 Å². The molecule has 0 aliphatic heterocycles. The molecule has 7 heteroatoms. The fourth-order valence-electron chi connectivity index (χ4n) is 3.08. The number of benzene rings is 1. The Morgan fingerprint density at radius 3 is 2.31 bits per heavy atom. The van der Waals surface area contributed by atoms with Crippen LogP contribution in [-0.4, -0.2) is 67.4 Å². The fourth-order valence-corrected chi connectivity index (χ4v) is 3.08. The molecule has 0 bridgehead atoms. The first-order valence-electron chi connectivity index (χ1n) is 8.90. The minimum atomic E-state index is -2.62. The van der Waals surface area contributed by atoms with E-state index in [0.717, 1.165) is 19.3 Å².